The first-order chi connectivity index (χ1) is 8.15. The molecule has 0 aliphatic rings. The maximum atomic E-state index is 11.7. The highest BCUT2D eigenvalue weighted by Crippen LogP contribution is 2.08. The second-order valence-electron chi connectivity index (χ2n) is 4.10. The summed E-state index contributed by atoms with van der Waals surface area (Å²) in [5.74, 6) is -0.00923. The van der Waals surface area contributed by atoms with Crippen molar-refractivity contribution in [1.29, 1.82) is 0 Å². The van der Waals surface area contributed by atoms with Crippen LogP contribution in [0.15, 0.2) is 16.8 Å². The van der Waals surface area contributed by atoms with Crippen molar-refractivity contribution < 1.29 is 9.53 Å². The molecule has 1 rings (SSSR count). The lowest BCUT2D eigenvalue weighted by molar-refractivity contribution is -0.123. The van der Waals surface area contributed by atoms with Gasteiger partial charge in [-0.3, -0.25) is 4.79 Å². The average Bonchev–Trinajstić information content (AvgIpc) is 2.78. The molecule has 5 heteroatoms. The van der Waals surface area contributed by atoms with Gasteiger partial charge in [0, 0.05) is 19.7 Å². The van der Waals surface area contributed by atoms with Gasteiger partial charge in [0.1, 0.15) is 0 Å². The van der Waals surface area contributed by atoms with E-state index in [9.17, 15) is 4.79 Å². The summed E-state index contributed by atoms with van der Waals surface area (Å²) in [6.45, 7) is 2.36. The Hall–Kier alpha value is -0.910. The SMILES string of the molecule is COC(CN)CC(=O)NC(C)Cc1ccsc1. The fourth-order valence-electron chi connectivity index (χ4n) is 1.62. The monoisotopic (exact) mass is 256 g/mol. The predicted octanol–water partition coefficient (Wildman–Crippen LogP) is 1.16. The van der Waals surface area contributed by atoms with Gasteiger partial charge in [0.15, 0.2) is 0 Å². The second-order valence-corrected chi connectivity index (χ2v) is 4.88. The molecule has 0 fully saturated rings. The molecule has 1 heterocycles. The van der Waals surface area contributed by atoms with Crippen molar-refractivity contribution in [1.82, 2.24) is 5.32 Å². The van der Waals surface area contributed by atoms with E-state index in [1.807, 2.05) is 12.3 Å². The van der Waals surface area contributed by atoms with Crippen LogP contribution in [0.4, 0.5) is 0 Å². The van der Waals surface area contributed by atoms with Crippen molar-refractivity contribution in [2.24, 2.45) is 5.73 Å². The molecule has 0 saturated heterocycles. The lowest BCUT2D eigenvalue weighted by atomic mass is 10.1. The molecule has 2 unspecified atom stereocenters. The molecule has 1 amide bonds. The number of hydrogen-bond donors (Lipinski definition) is 2. The quantitative estimate of drug-likeness (QED) is 0.769. The fraction of sp³-hybridized carbons (Fsp3) is 0.583. The van der Waals surface area contributed by atoms with Crippen LogP contribution >= 0.6 is 11.3 Å². The number of nitrogens with two attached hydrogens (primary N) is 1. The summed E-state index contributed by atoms with van der Waals surface area (Å²) in [7, 11) is 1.57. The van der Waals surface area contributed by atoms with Crippen LogP contribution in [0.5, 0.6) is 0 Å². The van der Waals surface area contributed by atoms with Crippen molar-refractivity contribution in [3.63, 3.8) is 0 Å². The first kappa shape index (κ1) is 14.2. The molecule has 0 saturated carbocycles. The Kier molecular flexibility index (Phi) is 6.18. The number of carbonyl (C=O) groups is 1. The molecule has 0 aromatic carbocycles. The summed E-state index contributed by atoms with van der Waals surface area (Å²) >= 11 is 1.67. The Bertz CT molecular complexity index is 323. The highest BCUT2D eigenvalue weighted by Gasteiger charge is 2.13. The molecule has 1 aromatic rings. The normalized spacial score (nSPS) is 14.3. The Balaban J connectivity index is 2.30. The van der Waals surface area contributed by atoms with Crippen LogP contribution in [-0.4, -0.2) is 31.7 Å². The van der Waals surface area contributed by atoms with E-state index < -0.39 is 0 Å². The standard InChI is InChI=1S/C12H20N2O2S/c1-9(5-10-3-4-17-8-10)14-12(15)6-11(7-13)16-2/h3-4,8-9,11H,5-7,13H2,1-2H3,(H,14,15). The van der Waals surface area contributed by atoms with E-state index in [1.54, 1.807) is 18.4 Å². The largest absolute Gasteiger partial charge is 0.380 e. The maximum Gasteiger partial charge on any atom is 0.222 e. The molecule has 0 spiro atoms. The second kappa shape index (κ2) is 7.42. The van der Waals surface area contributed by atoms with Crippen molar-refractivity contribution >= 4 is 17.2 Å². The molecule has 17 heavy (non-hydrogen) atoms. The van der Waals surface area contributed by atoms with Crippen LogP contribution in [0, 0.1) is 0 Å². The summed E-state index contributed by atoms with van der Waals surface area (Å²) in [5.41, 5.74) is 6.72. The Morgan fingerprint density at radius 3 is 2.94 bits per heavy atom. The summed E-state index contributed by atoms with van der Waals surface area (Å²) in [6.07, 6.45) is 0.986. The topological polar surface area (TPSA) is 64.3 Å². The highest BCUT2D eigenvalue weighted by atomic mass is 32.1. The van der Waals surface area contributed by atoms with E-state index in [1.165, 1.54) is 5.56 Å². The molecule has 0 aliphatic heterocycles. The van der Waals surface area contributed by atoms with Gasteiger partial charge in [0.05, 0.1) is 12.5 Å². The van der Waals surface area contributed by atoms with Gasteiger partial charge in [-0.1, -0.05) is 0 Å². The first-order valence-electron chi connectivity index (χ1n) is 5.69. The minimum Gasteiger partial charge on any atom is -0.380 e. The number of rotatable bonds is 7. The van der Waals surface area contributed by atoms with Crippen LogP contribution in [-0.2, 0) is 16.0 Å². The summed E-state index contributed by atoms with van der Waals surface area (Å²) in [6, 6.07) is 2.21. The van der Waals surface area contributed by atoms with E-state index in [0.717, 1.165) is 6.42 Å². The van der Waals surface area contributed by atoms with Crippen molar-refractivity contribution in [3.8, 4) is 0 Å². The van der Waals surface area contributed by atoms with Crippen molar-refractivity contribution in [3.05, 3.63) is 22.4 Å². The van der Waals surface area contributed by atoms with Crippen molar-refractivity contribution in [2.75, 3.05) is 13.7 Å². The Labute approximate surface area is 106 Å². The van der Waals surface area contributed by atoms with Crippen LogP contribution in [0.25, 0.3) is 0 Å². The summed E-state index contributed by atoms with van der Waals surface area (Å²) in [4.78, 5) is 11.7. The molecular weight excluding hydrogens is 236 g/mol. The number of hydrogen-bond acceptors (Lipinski definition) is 4. The summed E-state index contributed by atoms with van der Waals surface area (Å²) < 4.78 is 5.07. The van der Waals surface area contributed by atoms with E-state index in [-0.39, 0.29) is 18.1 Å². The first-order valence-corrected chi connectivity index (χ1v) is 6.63. The van der Waals surface area contributed by atoms with E-state index in [4.69, 9.17) is 10.5 Å². The molecule has 3 N–H and O–H groups in total. The number of amides is 1. The maximum absolute atomic E-state index is 11.7. The fourth-order valence-corrected chi connectivity index (χ4v) is 2.30. The van der Waals surface area contributed by atoms with Crippen LogP contribution in [0.3, 0.4) is 0 Å². The van der Waals surface area contributed by atoms with E-state index in [0.29, 0.717) is 13.0 Å². The van der Waals surface area contributed by atoms with Gasteiger partial charge in [-0.25, -0.2) is 0 Å². The molecule has 96 valence electrons. The minimum absolute atomic E-state index is 0.00923. The smallest absolute Gasteiger partial charge is 0.222 e. The third-order valence-corrected chi connectivity index (χ3v) is 3.27. The van der Waals surface area contributed by atoms with Crippen LogP contribution in [0.1, 0.15) is 18.9 Å². The molecular formula is C12H20N2O2S. The molecule has 1 aromatic heterocycles. The van der Waals surface area contributed by atoms with Crippen LogP contribution in [0.2, 0.25) is 0 Å². The van der Waals surface area contributed by atoms with E-state index in [2.05, 4.69) is 16.8 Å². The van der Waals surface area contributed by atoms with Gasteiger partial charge in [0.2, 0.25) is 5.91 Å². The minimum atomic E-state index is -0.191. The molecule has 0 radical (unpaired) electrons. The third-order valence-electron chi connectivity index (χ3n) is 2.54. The lowest BCUT2D eigenvalue weighted by Gasteiger charge is -2.16. The third kappa shape index (κ3) is 5.30. The lowest BCUT2D eigenvalue weighted by Crippen LogP contribution is -2.37. The highest BCUT2D eigenvalue weighted by molar-refractivity contribution is 7.07. The summed E-state index contributed by atoms with van der Waals surface area (Å²) in [5, 5.41) is 7.09. The number of nitrogens with one attached hydrogen (secondary N) is 1. The number of thiophene rings is 1. The van der Waals surface area contributed by atoms with Gasteiger partial charge >= 0.3 is 0 Å². The van der Waals surface area contributed by atoms with E-state index >= 15 is 0 Å². The van der Waals surface area contributed by atoms with Gasteiger partial charge in [-0.15, -0.1) is 0 Å². The van der Waals surface area contributed by atoms with Crippen LogP contribution < -0.4 is 11.1 Å². The predicted molar refractivity (Wildman–Crippen MR) is 70.1 cm³/mol. The zero-order valence-electron chi connectivity index (χ0n) is 10.3. The molecule has 0 bridgehead atoms. The number of ether oxygens (including phenoxy) is 1. The number of carbonyl (C=O) groups excluding carboxylic acids is 1. The van der Waals surface area contributed by atoms with Gasteiger partial charge in [-0.05, 0) is 35.7 Å². The molecule has 0 aliphatic carbocycles. The van der Waals surface area contributed by atoms with Gasteiger partial charge < -0.3 is 15.8 Å². The Morgan fingerprint density at radius 1 is 1.65 bits per heavy atom. The average molecular weight is 256 g/mol. The van der Waals surface area contributed by atoms with Crippen molar-refractivity contribution in [2.45, 2.75) is 31.9 Å². The Morgan fingerprint density at radius 2 is 2.41 bits per heavy atom. The zero-order valence-corrected chi connectivity index (χ0v) is 11.1. The zero-order chi connectivity index (χ0) is 12.7. The molecule has 2 atom stereocenters. The van der Waals surface area contributed by atoms with Gasteiger partial charge in [-0.2, -0.15) is 11.3 Å². The van der Waals surface area contributed by atoms with Gasteiger partial charge in [0.25, 0.3) is 0 Å². The molecule has 4 nitrogen and oxygen atoms in total. The number of methoxy groups -OCH3 is 1.